The number of benzene rings is 1. The Hall–Kier alpha value is -2.68. The van der Waals surface area contributed by atoms with Crippen LogP contribution in [0.1, 0.15) is 51.4 Å². The lowest BCUT2D eigenvalue weighted by Gasteiger charge is -2.35. The summed E-state index contributed by atoms with van der Waals surface area (Å²) >= 11 is 0. The maximum absolute atomic E-state index is 12.6. The second-order valence-electron chi connectivity index (χ2n) is 9.17. The van der Waals surface area contributed by atoms with Gasteiger partial charge in [-0.15, -0.1) is 0 Å². The average Bonchev–Trinajstić information content (AvgIpc) is 3.08. The van der Waals surface area contributed by atoms with Crippen molar-refractivity contribution < 1.29 is 9.13 Å². The van der Waals surface area contributed by atoms with Crippen LogP contribution in [0.4, 0.5) is 27.9 Å². The quantitative estimate of drug-likeness (QED) is 0.558. The normalized spacial score (nSPS) is 18.5. The Morgan fingerprint density at radius 3 is 2.48 bits per heavy atom. The summed E-state index contributed by atoms with van der Waals surface area (Å²) in [5.41, 5.74) is 0.737. The Bertz CT molecular complexity index is 883. The molecule has 8 nitrogen and oxygen atoms in total. The third kappa shape index (κ3) is 6.66. The molecule has 1 aliphatic heterocycles. The maximum Gasteiger partial charge on any atom is 0.233 e. The molecule has 1 aromatic carbocycles. The Balaban J connectivity index is 1.57. The van der Waals surface area contributed by atoms with E-state index in [0.717, 1.165) is 44.5 Å². The van der Waals surface area contributed by atoms with Gasteiger partial charge in [-0.2, -0.15) is 15.0 Å². The number of anilines is 4. The van der Waals surface area contributed by atoms with Crippen LogP contribution in [0.25, 0.3) is 0 Å². The molecule has 2 aliphatic rings. The Morgan fingerprint density at radius 1 is 1.03 bits per heavy atom. The van der Waals surface area contributed by atoms with Crippen molar-refractivity contribution in [1.82, 2.24) is 19.9 Å². The van der Waals surface area contributed by atoms with Crippen LogP contribution in [0.3, 0.4) is 0 Å². The fourth-order valence-electron chi connectivity index (χ4n) is 4.65. The number of nitrogens with one attached hydrogen (secondary N) is 2. The first-order chi connectivity index (χ1) is 16.1. The van der Waals surface area contributed by atoms with Gasteiger partial charge in [-0.1, -0.05) is 31.7 Å². The van der Waals surface area contributed by atoms with Gasteiger partial charge in [0.15, 0.2) is 0 Å². The highest BCUT2D eigenvalue weighted by atomic mass is 19.1. The van der Waals surface area contributed by atoms with E-state index in [1.807, 2.05) is 12.1 Å². The van der Waals surface area contributed by atoms with Crippen LogP contribution in [0.2, 0.25) is 0 Å². The standard InChI is InChI=1S/C24H36FN7O/c1-31-14-12-20(13-15-31)32(2)24-29-22(26-18-8-5-3-4-6-9-18)28-23(30-24)27-19-10-7-11-21(16-19)33-17-25/h7,10-11,16,18,20H,3-6,8-9,12-15,17H2,1-2H3,(H2,26,27,28,29,30). The third-order valence-corrected chi connectivity index (χ3v) is 6.67. The van der Waals surface area contributed by atoms with Crippen molar-refractivity contribution in [2.75, 3.05) is 49.6 Å². The van der Waals surface area contributed by atoms with Crippen molar-refractivity contribution in [3.63, 3.8) is 0 Å². The van der Waals surface area contributed by atoms with Crippen molar-refractivity contribution in [3.8, 4) is 5.75 Å². The molecular weight excluding hydrogens is 421 g/mol. The molecule has 9 heteroatoms. The Morgan fingerprint density at radius 2 is 1.76 bits per heavy atom. The summed E-state index contributed by atoms with van der Waals surface area (Å²) in [5.74, 6) is 2.19. The summed E-state index contributed by atoms with van der Waals surface area (Å²) in [7, 11) is 4.23. The molecule has 1 aliphatic carbocycles. The predicted molar refractivity (Wildman–Crippen MR) is 130 cm³/mol. The van der Waals surface area contributed by atoms with E-state index >= 15 is 0 Å². The number of hydrogen-bond donors (Lipinski definition) is 2. The van der Waals surface area contributed by atoms with Crippen LogP contribution in [0.15, 0.2) is 24.3 Å². The summed E-state index contributed by atoms with van der Waals surface area (Å²) < 4.78 is 17.6. The van der Waals surface area contributed by atoms with Gasteiger partial charge in [0.1, 0.15) is 5.75 Å². The van der Waals surface area contributed by atoms with Gasteiger partial charge in [-0.25, -0.2) is 4.39 Å². The van der Waals surface area contributed by atoms with Crippen molar-refractivity contribution in [2.24, 2.45) is 0 Å². The number of nitrogens with zero attached hydrogens (tertiary/aromatic N) is 5. The first-order valence-corrected chi connectivity index (χ1v) is 12.1. The number of aromatic nitrogens is 3. The topological polar surface area (TPSA) is 78.4 Å². The monoisotopic (exact) mass is 457 g/mol. The number of halogens is 1. The van der Waals surface area contributed by atoms with E-state index in [1.165, 1.54) is 25.7 Å². The molecule has 0 radical (unpaired) electrons. The summed E-state index contributed by atoms with van der Waals surface area (Å²) in [4.78, 5) is 18.8. The minimum Gasteiger partial charge on any atom is -0.463 e. The number of hydrogen-bond acceptors (Lipinski definition) is 8. The van der Waals surface area contributed by atoms with Gasteiger partial charge in [0.05, 0.1) is 0 Å². The third-order valence-electron chi connectivity index (χ3n) is 6.67. The summed E-state index contributed by atoms with van der Waals surface area (Å²) in [5, 5.41) is 6.83. The van der Waals surface area contributed by atoms with Crippen molar-refractivity contribution in [1.29, 1.82) is 0 Å². The van der Waals surface area contributed by atoms with Crippen LogP contribution in [0, 0.1) is 0 Å². The zero-order chi connectivity index (χ0) is 23.0. The molecule has 0 spiro atoms. The van der Waals surface area contributed by atoms with Gasteiger partial charge in [-0.05, 0) is 58.0 Å². The lowest BCUT2D eigenvalue weighted by atomic mass is 10.0. The van der Waals surface area contributed by atoms with E-state index in [4.69, 9.17) is 14.7 Å². The van der Waals surface area contributed by atoms with Gasteiger partial charge < -0.3 is 25.2 Å². The van der Waals surface area contributed by atoms with Crippen molar-refractivity contribution >= 4 is 23.5 Å². The fraction of sp³-hybridized carbons (Fsp3) is 0.625. The second kappa shape index (κ2) is 11.4. The van der Waals surface area contributed by atoms with Gasteiger partial charge in [-0.3, -0.25) is 0 Å². The predicted octanol–water partition coefficient (Wildman–Crippen LogP) is 4.59. The molecule has 1 saturated carbocycles. The van der Waals surface area contributed by atoms with E-state index < -0.39 is 6.86 Å². The number of alkyl halides is 1. The van der Waals surface area contributed by atoms with E-state index in [-0.39, 0.29) is 0 Å². The fourth-order valence-corrected chi connectivity index (χ4v) is 4.65. The molecule has 1 saturated heterocycles. The SMILES string of the molecule is CN1CCC(N(C)c2nc(Nc3cccc(OCF)c3)nc(NC3CCCCCC3)n2)CC1. The highest BCUT2D eigenvalue weighted by molar-refractivity contribution is 5.58. The molecule has 0 unspecified atom stereocenters. The number of piperidine rings is 1. The van der Waals surface area contributed by atoms with E-state index in [2.05, 4.69) is 39.5 Å². The van der Waals surface area contributed by atoms with Gasteiger partial charge in [0.25, 0.3) is 0 Å². The first kappa shape index (κ1) is 23.5. The second-order valence-corrected chi connectivity index (χ2v) is 9.17. The maximum atomic E-state index is 12.6. The van der Waals surface area contributed by atoms with Crippen LogP contribution < -0.4 is 20.3 Å². The number of rotatable bonds is 8. The first-order valence-electron chi connectivity index (χ1n) is 12.1. The molecule has 33 heavy (non-hydrogen) atoms. The van der Waals surface area contributed by atoms with Crippen LogP contribution in [0.5, 0.6) is 5.75 Å². The van der Waals surface area contributed by atoms with Crippen LogP contribution in [-0.4, -0.2) is 66.0 Å². The molecule has 2 N–H and O–H groups in total. The van der Waals surface area contributed by atoms with E-state index in [1.54, 1.807) is 12.1 Å². The molecule has 0 bridgehead atoms. The van der Waals surface area contributed by atoms with Gasteiger partial charge in [0.2, 0.25) is 24.7 Å². The minimum atomic E-state index is -0.865. The van der Waals surface area contributed by atoms with Gasteiger partial charge >= 0.3 is 0 Å². The lowest BCUT2D eigenvalue weighted by Crippen LogP contribution is -2.42. The zero-order valence-corrected chi connectivity index (χ0v) is 19.8. The number of likely N-dealkylation sites (tertiary alicyclic amines) is 1. The zero-order valence-electron chi connectivity index (χ0n) is 19.8. The lowest BCUT2D eigenvalue weighted by molar-refractivity contribution is 0.192. The molecule has 2 aromatic rings. The van der Waals surface area contributed by atoms with Crippen LogP contribution in [-0.2, 0) is 0 Å². The molecule has 0 atom stereocenters. The van der Waals surface area contributed by atoms with Crippen molar-refractivity contribution in [2.45, 2.75) is 63.5 Å². The Labute approximate surface area is 196 Å². The number of ether oxygens (including phenoxy) is 1. The van der Waals surface area contributed by atoms with Gasteiger partial charge in [0, 0.05) is 30.9 Å². The van der Waals surface area contributed by atoms with Crippen LogP contribution >= 0.6 is 0 Å². The molecule has 2 heterocycles. The molecule has 2 fully saturated rings. The van der Waals surface area contributed by atoms with Crippen molar-refractivity contribution in [3.05, 3.63) is 24.3 Å². The summed E-state index contributed by atoms with van der Waals surface area (Å²) in [6.45, 7) is 1.27. The molecular formula is C24H36FN7O. The Kier molecular flexibility index (Phi) is 8.15. The molecule has 180 valence electrons. The smallest absolute Gasteiger partial charge is 0.233 e. The summed E-state index contributed by atoms with van der Waals surface area (Å²) in [6, 6.07) is 7.92. The molecule has 4 rings (SSSR count). The largest absolute Gasteiger partial charge is 0.463 e. The van der Waals surface area contributed by atoms with E-state index in [0.29, 0.717) is 35.7 Å². The average molecular weight is 458 g/mol. The molecule has 1 aromatic heterocycles. The minimum absolute atomic E-state index is 0.380. The summed E-state index contributed by atoms with van der Waals surface area (Å²) in [6.07, 6.45) is 9.49. The highest BCUT2D eigenvalue weighted by Gasteiger charge is 2.24. The molecule has 0 amide bonds. The van der Waals surface area contributed by atoms with E-state index in [9.17, 15) is 4.39 Å². The highest BCUT2D eigenvalue weighted by Crippen LogP contribution is 2.25.